The lowest BCUT2D eigenvalue weighted by atomic mass is 10.2. The van der Waals surface area contributed by atoms with Crippen LogP contribution in [-0.2, 0) is 0 Å². The van der Waals surface area contributed by atoms with Crippen LogP contribution in [0.4, 0.5) is 0 Å². The van der Waals surface area contributed by atoms with Crippen LogP contribution in [0.2, 0.25) is 0 Å². The lowest BCUT2D eigenvalue weighted by Gasteiger charge is -2.07. The number of aromatic nitrogens is 2. The molecule has 0 aliphatic heterocycles. The van der Waals surface area contributed by atoms with Gasteiger partial charge in [-0.25, -0.2) is 0 Å². The zero-order valence-corrected chi connectivity index (χ0v) is 10.5. The molecule has 0 saturated carbocycles. The number of aryl methyl sites for hydroxylation is 1. The maximum atomic E-state index is 5.26. The first-order valence-corrected chi connectivity index (χ1v) is 6.12. The Morgan fingerprint density at radius 2 is 2.31 bits per heavy atom. The van der Waals surface area contributed by atoms with Gasteiger partial charge < -0.3 is 9.73 Å². The van der Waals surface area contributed by atoms with Crippen LogP contribution in [0.15, 0.2) is 16.7 Å². The van der Waals surface area contributed by atoms with Crippen molar-refractivity contribution in [2.45, 2.75) is 26.3 Å². The van der Waals surface area contributed by atoms with E-state index >= 15 is 0 Å². The Balaban J connectivity index is 2.25. The summed E-state index contributed by atoms with van der Waals surface area (Å²) in [5.74, 6) is 0.896. The first-order valence-electron chi connectivity index (χ1n) is 5.30. The first-order chi connectivity index (χ1) is 7.74. The van der Waals surface area contributed by atoms with Crippen molar-refractivity contribution in [2.24, 2.45) is 0 Å². The topological polar surface area (TPSA) is 51.0 Å². The Morgan fingerprint density at radius 1 is 1.50 bits per heavy atom. The van der Waals surface area contributed by atoms with Gasteiger partial charge in [0.2, 0.25) is 0 Å². The van der Waals surface area contributed by atoms with Crippen molar-refractivity contribution >= 4 is 11.3 Å². The van der Waals surface area contributed by atoms with Crippen LogP contribution in [0.3, 0.4) is 0 Å². The van der Waals surface area contributed by atoms with Gasteiger partial charge in [0.25, 0.3) is 0 Å². The Kier molecular flexibility index (Phi) is 3.36. The molecule has 0 fully saturated rings. The van der Waals surface area contributed by atoms with Crippen molar-refractivity contribution in [1.29, 1.82) is 0 Å². The van der Waals surface area contributed by atoms with Crippen LogP contribution in [0, 0.1) is 6.92 Å². The normalized spacial score (nSPS) is 12.9. The summed E-state index contributed by atoms with van der Waals surface area (Å²) >= 11 is 1.61. The monoisotopic (exact) mass is 237 g/mol. The fourth-order valence-electron chi connectivity index (χ4n) is 1.55. The molecule has 0 radical (unpaired) electrons. The van der Waals surface area contributed by atoms with Gasteiger partial charge in [-0.15, -0.1) is 10.2 Å². The van der Waals surface area contributed by atoms with Crippen LogP contribution >= 0.6 is 11.3 Å². The van der Waals surface area contributed by atoms with Gasteiger partial charge >= 0.3 is 0 Å². The molecule has 0 aliphatic rings. The maximum absolute atomic E-state index is 5.26. The summed E-state index contributed by atoms with van der Waals surface area (Å²) in [4.78, 5) is 0. The highest BCUT2D eigenvalue weighted by Crippen LogP contribution is 2.28. The second kappa shape index (κ2) is 4.76. The van der Waals surface area contributed by atoms with E-state index < -0.39 is 0 Å². The van der Waals surface area contributed by atoms with Crippen molar-refractivity contribution in [3.63, 3.8) is 0 Å². The molecule has 2 aromatic rings. The molecule has 1 atom stereocenters. The van der Waals surface area contributed by atoms with Gasteiger partial charge in [-0.3, -0.25) is 0 Å². The summed E-state index contributed by atoms with van der Waals surface area (Å²) in [5, 5.41) is 13.6. The molecule has 0 amide bonds. The lowest BCUT2D eigenvalue weighted by molar-refractivity contribution is 0.535. The van der Waals surface area contributed by atoms with Crippen LogP contribution < -0.4 is 5.32 Å². The maximum Gasteiger partial charge on any atom is 0.151 e. The average Bonchev–Trinajstić information content (AvgIpc) is 2.89. The molecule has 0 saturated heterocycles. The number of nitrogens with zero attached hydrogens (tertiary/aromatic N) is 2. The van der Waals surface area contributed by atoms with Crippen molar-refractivity contribution in [3.8, 4) is 10.6 Å². The molecule has 1 N–H and O–H groups in total. The fourth-order valence-corrected chi connectivity index (χ4v) is 2.56. The van der Waals surface area contributed by atoms with Gasteiger partial charge in [0.05, 0.1) is 11.6 Å². The Bertz CT molecular complexity index is 459. The van der Waals surface area contributed by atoms with E-state index in [1.165, 1.54) is 0 Å². The van der Waals surface area contributed by atoms with Crippen LogP contribution in [0.1, 0.15) is 30.2 Å². The molecule has 2 aromatic heterocycles. The predicted octanol–water partition coefficient (Wildman–Crippen LogP) is 2.78. The second-order valence-electron chi connectivity index (χ2n) is 3.64. The molecule has 0 bridgehead atoms. The van der Waals surface area contributed by atoms with E-state index in [0.717, 1.165) is 27.8 Å². The molecule has 86 valence electrons. The summed E-state index contributed by atoms with van der Waals surface area (Å²) in [6, 6.07) is 2.27. The molecular formula is C11H15N3OS. The molecule has 0 aliphatic carbocycles. The molecule has 5 heteroatoms. The van der Waals surface area contributed by atoms with E-state index in [4.69, 9.17) is 4.42 Å². The summed E-state index contributed by atoms with van der Waals surface area (Å²) in [6.07, 6.45) is 2.73. The molecule has 0 spiro atoms. The summed E-state index contributed by atoms with van der Waals surface area (Å²) in [7, 11) is 1.94. The van der Waals surface area contributed by atoms with E-state index in [1.807, 2.05) is 20.0 Å². The summed E-state index contributed by atoms with van der Waals surface area (Å²) in [6.45, 7) is 4.05. The highest BCUT2D eigenvalue weighted by atomic mass is 32.1. The zero-order chi connectivity index (χ0) is 11.5. The summed E-state index contributed by atoms with van der Waals surface area (Å²) in [5.41, 5.74) is 1.01. The van der Waals surface area contributed by atoms with E-state index in [0.29, 0.717) is 6.04 Å². The SMILES string of the molecule is CCC(NC)c1nnc(-c2coc(C)c2)s1. The third-order valence-electron chi connectivity index (χ3n) is 2.47. The molecule has 4 nitrogen and oxygen atoms in total. The van der Waals surface area contributed by atoms with Gasteiger partial charge in [-0.1, -0.05) is 18.3 Å². The minimum absolute atomic E-state index is 0.291. The van der Waals surface area contributed by atoms with E-state index in [2.05, 4.69) is 22.4 Å². The number of furan rings is 1. The van der Waals surface area contributed by atoms with Gasteiger partial charge in [-0.05, 0) is 26.5 Å². The van der Waals surface area contributed by atoms with Crippen molar-refractivity contribution < 1.29 is 4.42 Å². The molecular weight excluding hydrogens is 222 g/mol. The molecule has 2 rings (SSSR count). The van der Waals surface area contributed by atoms with Crippen LogP contribution in [-0.4, -0.2) is 17.2 Å². The Morgan fingerprint density at radius 3 is 2.88 bits per heavy atom. The number of rotatable bonds is 4. The van der Waals surface area contributed by atoms with Gasteiger partial charge in [0.15, 0.2) is 5.01 Å². The molecule has 2 heterocycles. The van der Waals surface area contributed by atoms with Crippen molar-refractivity contribution in [2.75, 3.05) is 7.05 Å². The summed E-state index contributed by atoms with van der Waals surface area (Å²) < 4.78 is 5.26. The van der Waals surface area contributed by atoms with Crippen LogP contribution in [0.25, 0.3) is 10.6 Å². The molecule has 1 unspecified atom stereocenters. The standard InChI is InChI=1S/C11H15N3OS/c1-4-9(12-3)11-14-13-10(16-11)8-5-7(2)15-6-8/h5-6,9,12H,4H2,1-3H3. The fraction of sp³-hybridized carbons (Fsp3) is 0.455. The average molecular weight is 237 g/mol. The first kappa shape index (κ1) is 11.3. The van der Waals surface area contributed by atoms with E-state index in [9.17, 15) is 0 Å². The quantitative estimate of drug-likeness (QED) is 0.888. The minimum Gasteiger partial charge on any atom is -0.469 e. The third-order valence-corrected chi connectivity index (χ3v) is 3.56. The third kappa shape index (κ3) is 2.15. The smallest absolute Gasteiger partial charge is 0.151 e. The van der Waals surface area contributed by atoms with E-state index in [-0.39, 0.29) is 0 Å². The Labute approximate surface area is 98.7 Å². The number of nitrogens with one attached hydrogen (secondary N) is 1. The zero-order valence-electron chi connectivity index (χ0n) is 9.65. The van der Waals surface area contributed by atoms with Crippen molar-refractivity contribution in [3.05, 3.63) is 23.1 Å². The predicted molar refractivity (Wildman–Crippen MR) is 64.4 cm³/mol. The largest absolute Gasteiger partial charge is 0.469 e. The number of hydrogen-bond acceptors (Lipinski definition) is 5. The van der Waals surface area contributed by atoms with Crippen molar-refractivity contribution in [1.82, 2.24) is 15.5 Å². The highest BCUT2D eigenvalue weighted by Gasteiger charge is 2.14. The lowest BCUT2D eigenvalue weighted by Crippen LogP contribution is -2.14. The van der Waals surface area contributed by atoms with Gasteiger partial charge in [0.1, 0.15) is 17.0 Å². The second-order valence-corrected chi connectivity index (χ2v) is 4.65. The van der Waals surface area contributed by atoms with Gasteiger partial charge in [0, 0.05) is 0 Å². The minimum atomic E-state index is 0.291. The Hall–Kier alpha value is -1.20. The van der Waals surface area contributed by atoms with Gasteiger partial charge in [-0.2, -0.15) is 0 Å². The highest BCUT2D eigenvalue weighted by molar-refractivity contribution is 7.14. The van der Waals surface area contributed by atoms with Crippen LogP contribution in [0.5, 0.6) is 0 Å². The molecule has 16 heavy (non-hydrogen) atoms. The van der Waals surface area contributed by atoms with E-state index in [1.54, 1.807) is 17.6 Å². The number of hydrogen-bond donors (Lipinski definition) is 1. The molecule has 0 aromatic carbocycles.